The van der Waals surface area contributed by atoms with Gasteiger partial charge in [0.2, 0.25) is 5.95 Å². The fourth-order valence-corrected chi connectivity index (χ4v) is 4.92. The Hall–Kier alpha value is -1.89. The number of aliphatic hydroxyl groups excluding tert-OH is 1. The molecular weight excluding hydrogens is 382 g/mol. The summed E-state index contributed by atoms with van der Waals surface area (Å²) in [6, 6.07) is 7.15. The highest BCUT2D eigenvalue weighted by Crippen LogP contribution is 2.36. The van der Waals surface area contributed by atoms with Crippen LogP contribution in [0.15, 0.2) is 29.1 Å². The Balaban J connectivity index is 1.95. The summed E-state index contributed by atoms with van der Waals surface area (Å²) in [5, 5.41) is 14.1. The lowest BCUT2D eigenvalue weighted by molar-refractivity contribution is 0.208. The summed E-state index contributed by atoms with van der Waals surface area (Å²) in [5.41, 5.74) is 1.80. The molecule has 1 aliphatic rings. The fourth-order valence-electron chi connectivity index (χ4n) is 3.58. The molecule has 0 amide bonds. The molecule has 2 atom stereocenters. The normalized spacial score (nSPS) is 17.7. The van der Waals surface area contributed by atoms with Crippen molar-refractivity contribution in [1.29, 1.82) is 0 Å². The standard InChI is InChI=1S/C20H22ClN3O2S/c1-11-3-8-16-15(9-11)17-18(27-16)23-20(22-10-12(2)25)24(19(17)26)14-6-4-13(21)5-7-14/h4-7,11-12,25H,3,8-10H2,1-2H3,(H,22,23)/t11-,12-/m1/s1. The number of benzene rings is 1. The first-order valence-electron chi connectivity index (χ1n) is 9.19. The summed E-state index contributed by atoms with van der Waals surface area (Å²) in [6.45, 7) is 4.24. The van der Waals surface area contributed by atoms with Crippen molar-refractivity contribution in [1.82, 2.24) is 9.55 Å². The minimum Gasteiger partial charge on any atom is -0.392 e. The van der Waals surface area contributed by atoms with Crippen molar-refractivity contribution in [2.45, 2.75) is 39.2 Å². The van der Waals surface area contributed by atoms with Gasteiger partial charge in [0.05, 0.1) is 17.2 Å². The van der Waals surface area contributed by atoms with Crippen LogP contribution >= 0.6 is 22.9 Å². The van der Waals surface area contributed by atoms with E-state index in [-0.39, 0.29) is 5.56 Å². The van der Waals surface area contributed by atoms with E-state index >= 15 is 0 Å². The largest absolute Gasteiger partial charge is 0.392 e. The lowest BCUT2D eigenvalue weighted by atomic mass is 9.89. The third kappa shape index (κ3) is 3.49. The molecule has 2 heterocycles. The van der Waals surface area contributed by atoms with E-state index in [1.54, 1.807) is 35.0 Å². The first kappa shape index (κ1) is 18.5. The molecule has 142 valence electrons. The molecule has 5 nitrogen and oxygen atoms in total. The molecule has 4 rings (SSSR count). The molecule has 27 heavy (non-hydrogen) atoms. The Morgan fingerprint density at radius 2 is 2.15 bits per heavy atom. The van der Waals surface area contributed by atoms with Crippen molar-refractivity contribution in [2.24, 2.45) is 5.92 Å². The Labute approximate surface area is 166 Å². The van der Waals surface area contributed by atoms with Crippen LogP contribution in [0.1, 0.15) is 30.7 Å². The number of halogens is 1. The predicted molar refractivity (Wildman–Crippen MR) is 112 cm³/mol. The Kier molecular flexibility index (Phi) is 4.97. The van der Waals surface area contributed by atoms with Gasteiger partial charge >= 0.3 is 0 Å². The van der Waals surface area contributed by atoms with Crippen molar-refractivity contribution in [3.63, 3.8) is 0 Å². The third-order valence-corrected chi connectivity index (χ3v) is 6.40. The quantitative estimate of drug-likeness (QED) is 0.690. The molecule has 0 saturated heterocycles. The Morgan fingerprint density at radius 1 is 1.41 bits per heavy atom. The smallest absolute Gasteiger partial charge is 0.268 e. The van der Waals surface area contributed by atoms with Crippen LogP contribution in [0, 0.1) is 5.92 Å². The maximum atomic E-state index is 13.5. The van der Waals surface area contributed by atoms with Crippen LogP contribution in [0.25, 0.3) is 15.9 Å². The summed E-state index contributed by atoms with van der Waals surface area (Å²) < 4.78 is 1.59. The zero-order valence-electron chi connectivity index (χ0n) is 15.3. The van der Waals surface area contributed by atoms with Crippen LogP contribution in [0.5, 0.6) is 0 Å². The lowest BCUT2D eigenvalue weighted by Gasteiger charge is -2.18. The predicted octanol–water partition coefficient (Wildman–Crippen LogP) is 4.02. The van der Waals surface area contributed by atoms with Crippen molar-refractivity contribution >= 4 is 39.1 Å². The molecule has 0 bridgehead atoms. The second-order valence-electron chi connectivity index (χ2n) is 7.31. The molecule has 2 aromatic heterocycles. The van der Waals surface area contributed by atoms with E-state index < -0.39 is 6.10 Å². The number of aliphatic hydroxyl groups is 1. The van der Waals surface area contributed by atoms with Gasteiger partial charge in [-0.15, -0.1) is 11.3 Å². The van der Waals surface area contributed by atoms with Crippen molar-refractivity contribution in [3.8, 4) is 5.69 Å². The van der Waals surface area contributed by atoms with Crippen LogP contribution in [0.4, 0.5) is 5.95 Å². The molecule has 2 N–H and O–H groups in total. The summed E-state index contributed by atoms with van der Waals surface area (Å²) in [6.07, 6.45) is 2.54. The van der Waals surface area contributed by atoms with Gasteiger partial charge in [-0.25, -0.2) is 9.55 Å². The molecule has 0 spiro atoms. The van der Waals surface area contributed by atoms with E-state index in [1.807, 2.05) is 12.1 Å². The van der Waals surface area contributed by atoms with Gasteiger partial charge < -0.3 is 10.4 Å². The number of aromatic nitrogens is 2. The van der Waals surface area contributed by atoms with Crippen LogP contribution in [0.2, 0.25) is 5.02 Å². The summed E-state index contributed by atoms with van der Waals surface area (Å²) >= 11 is 7.64. The average molecular weight is 404 g/mol. The first-order valence-corrected chi connectivity index (χ1v) is 10.4. The molecule has 0 unspecified atom stereocenters. The highest BCUT2D eigenvalue weighted by molar-refractivity contribution is 7.18. The number of hydrogen-bond donors (Lipinski definition) is 2. The van der Waals surface area contributed by atoms with Gasteiger partial charge in [-0.05, 0) is 61.9 Å². The number of nitrogens with one attached hydrogen (secondary N) is 1. The van der Waals surface area contributed by atoms with Crippen LogP contribution in [-0.4, -0.2) is 27.3 Å². The summed E-state index contributed by atoms with van der Waals surface area (Å²) in [5.74, 6) is 1.02. The molecule has 0 aliphatic heterocycles. The third-order valence-electron chi connectivity index (χ3n) is 4.97. The molecule has 0 saturated carbocycles. The van der Waals surface area contributed by atoms with Gasteiger partial charge in [0.15, 0.2) is 0 Å². The molecular formula is C20H22ClN3O2S. The van der Waals surface area contributed by atoms with Crippen molar-refractivity contribution in [3.05, 3.63) is 50.1 Å². The highest BCUT2D eigenvalue weighted by atomic mass is 35.5. The molecule has 1 aromatic carbocycles. The number of thiophene rings is 1. The highest BCUT2D eigenvalue weighted by Gasteiger charge is 2.25. The van der Waals surface area contributed by atoms with E-state index in [1.165, 1.54) is 4.88 Å². The van der Waals surface area contributed by atoms with Gasteiger partial charge in [-0.1, -0.05) is 18.5 Å². The number of hydrogen-bond acceptors (Lipinski definition) is 5. The minimum atomic E-state index is -0.548. The van der Waals surface area contributed by atoms with E-state index in [0.717, 1.165) is 35.0 Å². The van der Waals surface area contributed by atoms with E-state index in [4.69, 9.17) is 16.6 Å². The van der Waals surface area contributed by atoms with Crippen LogP contribution in [0.3, 0.4) is 0 Å². The van der Waals surface area contributed by atoms with E-state index in [0.29, 0.717) is 29.1 Å². The zero-order valence-corrected chi connectivity index (χ0v) is 16.9. The Bertz CT molecular complexity index is 1040. The number of rotatable bonds is 4. The van der Waals surface area contributed by atoms with E-state index in [9.17, 15) is 9.90 Å². The summed E-state index contributed by atoms with van der Waals surface area (Å²) in [4.78, 5) is 20.3. The second-order valence-corrected chi connectivity index (χ2v) is 8.83. The van der Waals surface area contributed by atoms with Gasteiger partial charge in [-0.3, -0.25) is 4.79 Å². The van der Waals surface area contributed by atoms with Crippen molar-refractivity contribution in [2.75, 3.05) is 11.9 Å². The maximum absolute atomic E-state index is 13.5. The van der Waals surface area contributed by atoms with Gasteiger partial charge in [0.25, 0.3) is 5.56 Å². The van der Waals surface area contributed by atoms with Gasteiger partial charge in [0.1, 0.15) is 4.83 Å². The number of fused-ring (bicyclic) bond motifs is 3. The van der Waals surface area contributed by atoms with E-state index in [2.05, 4.69) is 12.2 Å². The SMILES string of the molecule is C[C@@H]1CCc2sc3nc(NC[C@@H](C)O)n(-c4ccc(Cl)cc4)c(=O)c3c2C1. The topological polar surface area (TPSA) is 67.2 Å². The lowest BCUT2D eigenvalue weighted by Crippen LogP contribution is -2.27. The minimum absolute atomic E-state index is 0.0676. The second kappa shape index (κ2) is 7.26. The summed E-state index contributed by atoms with van der Waals surface area (Å²) in [7, 11) is 0. The van der Waals surface area contributed by atoms with Gasteiger partial charge in [-0.2, -0.15) is 0 Å². The average Bonchev–Trinajstić information content (AvgIpc) is 2.99. The maximum Gasteiger partial charge on any atom is 0.268 e. The molecule has 0 radical (unpaired) electrons. The number of nitrogens with zero attached hydrogens (tertiary/aromatic N) is 2. The molecule has 1 aliphatic carbocycles. The molecule has 7 heteroatoms. The monoisotopic (exact) mass is 403 g/mol. The van der Waals surface area contributed by atoms with Gasteiger partial charge in [0, 0.05) is 16.4 Å². The van der Waals surface area contributed by atoms with Crippen LogP contribution < -0.4 is 10.9 Å². The number of aryl methyl sites for hydroxylation is 1. The molecule has 0 fully saturated rings. The molecule has 3 aromatic rings. The number of anilines is 1. The zero-order chi connectivity index (χ0) is 19.1. The fraction of sp³-hybridized carbons (Fsp3) is 0.400. The Morgan fingerprint density at radius 3 is 2.85 bits per heavy atom. The van der Waals surface area contributed by atoms with Crippen molar-refractivity contribution < 1.29 is 5.11 Å². The first-order chi connectivity index (χ1) is 12.9. The van der Waals surface area contributed by atoms with Crippen LogP contribution in [-0.2, 0) is 12.8 Å².